The Morgan fingerprint density at radius 1 is 1.34 bits per heavy atom. The number of aliphatic hydroxyl groups excluding tert-OH is 1. The van der Waals surface area contributed by atoms with E-state index in [9.17, 15) is 18.7 Å². The highest BCUT2D eigenvalue weighted by Gasteiger charge is 2.27. The molecule has 3 rings (SSSR count). The zero-order valence-corrected chi connectivity index (χ0v) is 17.2. The topological polar surface area (TPSA) is 74.7 Å². The van der Waals surface area contributed by atoms with E-state index in [2.05, 4.69) is 15.0 Å². The highest BCUT2D eigenvalue weighted by atomic mass is 35.5. The number of aromatic nitrogens is 1. The van der Waals surface area contributed by atoms with Crippen LogP contribution in [0.3, 0.4) is 0 Å². The zero-order valence-electron chi connectivity index (χ0n) is 16.5. The normalized spacial score (nSPS) is 16.1. The Kier molecular flexibility index (Phi) is 7.75. The molecule has 6 nitrogen and oxygen atoms in total. The fourth-order valence-electron chi connectivity index (χ4n) is 2.90. The van der Waals surface area contributed by atoms with Crippen molar-refractivity contribution in [3.8, 4) is 5.75 Å². The summed E-state index contributed by atoms with van der Waals surface area (Å²) >= 11 is 4.70. The van der Waals surface area contributed by atoms with Crippen molar-refractivity contribution in [1.29, 1.82) is 0 Å². The summed E-state index contributed by atoms with van der Waals surface area (Å²) in [6.07, 6.45) is 1.80. The van der Waals surface area contributed by atoms with Crippen molar-refractivity contribution < 1.29 is 23.4 Å². The number of hydrogen-bond donors (Lipinski definition) is 2. The van der Waals surface area contributed by atoms with Crippen LogP contribution in [0.1, 0.15) is 36.2 Å². The average molecular weight is 428 g/mol. The van der Waals surface area contributed by atoms with E-state index in [0.717, 1.165) is 17.9 Å². The molecule has 2 heterocycles. The summed E-state index contributed by atoms with van der Waals surface area (Å²) in [5.74, 6) is 0.240. The third kappa shape index (κ3) is 6.54. The van der Waals surface area contributed by atoms with E-state index in [0.29, 0.717) is 24.2 Å². The van der Waals surface area contributed by atoms with Crippen molar-refractivity contribution in [2.24, 2.45) is 0 Å². The van der Waals surface area contributed by atoms with Gasteiger partial charge in [-0.3, -0.25) is 4.79 Å². The Labute approximate surface area is 173 Å². The van der Waals surface area contributed by atoms with E-state index in [4.69, 9.17) is 11.6 Å². The van der Waals surface area contributed by atoms with Gasteiger partial charge in [-0.05, 0) is 49.2 Å². The first-order chi connectivity index (χ1) is 13.7. The molecule has 1 unspecified atom stereocenters. The third-order valence-corrected chi connectivity index (χ3v) is 4.20. The van der Waals surface area contributed by atoms with Crippen molar-refractivity contribution in [1.82, 2.24) is 4.98 Å². The van der Waals surface area contributed by atoms with Crippen molar-refractivity contribution in [2.75, 3.05) is 23.3 Å². The number of hydrogen-bond acceptors (Lipinski definition) is 5. The summed E-state index contributed by atoms with van der Waals surface area (Å²) < 4.78 is 29.4. The van der Waals surface area contributed by atoms with Crippen molar-refractivity contribution in [3.63, 3.8) is 0 Å². The predicted molar refractivity (Wildman–Crippen MR) is 109 cm³/mol. The van der Waals surface area contributed by atoms with Gasteiger partial charge in [0, 0.05) is 36.6 Å². The largest absolute Gasteiger partial charge is 0.487 e. The van der Waals surface area contributed by atoms with Crippen molar-refractivity contribution in [2.45, 2.75) is 38.9 Å². The second-order valence-corrected chi connectivity index (χ2v) is 6.72. The van der Waals surface area contributed by atoms with E-state index in [1.165, 1.54) is 30.5 Å². The summed E-state index contributed by atoms with van der Waals surface area (Å²) in [4.78, 5) is 18.7. The molecule has 1 aromatic heterocycles. The lowest BCUT2D eigenvalue weighted by Gasteiger charge is -2.19. The molecule has 0 spiro atoms. The second-order valence-electron chi connectivity index (χ2n) is 6.28. The van der Waals surface area contributed by atoms with Crippen LogP contribution in [0.2, 0.25) is 0 Å². The first-order valence-electron chi connectivity index (χ1n) is 9.28. The molecule has 1 aromatic carbocycles. The molecular weight excluding hydrogens is 404 g/mol. The summed E-state index contributed by atoms with van der Waals surface area (Å²) in [6, 6.07) is 7.12. The monoisotopic (exact) mass is 427 g/mol. The molecule has 0 aliphatic carbocycles. The maximum Gasteiger partial charge on any atom is 0.487 e. The van der Waals surface area contributed by atoms with Crippen LogP contribution in [0.15, 0.2) is 36.5 Å². The Bertz CT molecular complexity index is 829. The summed E-state index contributed by atoms with van der Waals surface area (Å²) in [5, 5.41) is 12.3. The standard InChI is InChI=1S/C18H18ClF2N3O3.C2H6/c1-11-8-12(9-22-16(11)24-7-6-14(25)10-24)17(26)23-13-2-4-15(5-3-13)27-18(19,20)21;1-2/h2-5,8-9,14,25H,6-7,10H2,1H3,(H,23,26);1-2H3. The van der Waals surface area contributed by atoms with E-state index in [1.807, 2.05) is 25.7 Å². The molecule has 1 fully saturated rings. The number of alkyl halides is 3. The van der Waals surface area contributed by atoms with Gasteiger partial charge in [0.15, 0.2) is 0 Å². The Balaban J connectivity index is 0.00000145. The average Bonchev–Trinajstić information content (AvgIpc) is 3.09. The molecule has 0 radical (unpaired) electrons. The number of amides is 1. The van der Waals surface area contributed by atoms with Crippen molar-refractivity contribution >= 4 is 29.0 Å². The van der Waals surface area contributed by atoms with E-state index in [1.54, 1.807) is 6.07 Å². The molecule has 29 heavy (non-hydrogen) atoms. The Morgan fingerprint density at radius 3 is 2.52 bits per heavy atom. The van der Waals surface area contributed by atoms with Crippen LogP contribution in [0.4, 0.5) is 20.3 Å². The Hall–Kier alpha value is -2.45. The number of β-amino-alcohol motifs (C(OH)–C–C–N with tert-alkyl or cyclic N) is 1. The number of halogens is 3. The number of carbonyl (C=O) groups is 1. The van der Waals surface area contributed by atoms with Gasteiger partial charge in [-0.25, -0.2) is 4.98 Å². The van der Waals surface area contributed by atoms with Gasteiger partial charge in [0.05, 0.1) is 11.7 Å². The van der Waals surface area contributed by atoms with Crippen LogP contribution in [0, 0.1) is 6.92 Å². The van der Waals surface area contributed by atoms with Gasteiger partial charge in [-0.1, -0.05) is 13.8 Å². The molecular formula is C20H24ClF2N3O3. The summed E-state index contributed by atoms with van der Waals surface area (Å²) in [6.45, 7) is 7.09. The highest BCUT2D eigenvalue weighted by Crippen LogP contribution is 2.26. The lowest BCUT2D eigenvalue weighted by molar-refractivity contribution is -0.0964. The number of pyridine rings is 1. The van der Waals surface area contributed by atoms with Gasteiger partial charge in [0.25, 0.3) is 5.91 Å². The number of rotatable bonds is 5. The Morgan fingerprint density at radius 2 is 2.00 bits per heavy atom. The van der Waals surface area contributed by atoms with Crippen LogP contribution in [-0.4, -0.2) is 40.8 Å². The van der Waals surface area contributed by atoms with Gasteiger partial charge < -0.3 is 20.1 Å². The van der Waals surface area contributed by atoms with Crippen molar-refractivity contribution in [3.05, 3.63) is 47.7 Å². The van der Waals surface area contributed by atoms with Crippen LogP contribution in [0.5, 0.6) is 5.75 Å². The lowest BCUT2D eigenvalue weighted by Crippen LogP contribution is -2.23. The minimum atomic E-state index is -3.79. The third-order valence-electron chi connectivity index (χ3n) is 4.12. The van der Waals surface area contributed by atoms with E-state index in [-0.39, 0.29) is 17.8 Å². The minimum absolute atomic E-state index is 0.123. The van der Waals surface area contributed by atoms with Crippen LogP contribution in [0.25, 0.3) is 0 Å². The second kappa shape index (κ2) is 9.84. The molecule has 1 aliphatic rings. The number of nitrogens with one attached hydrogen (secondary N) is 1. The molecule has 0 saturated carbocycles. The number of nitrogens with zero attached hydrogens (tertiary/aromatic N) is 2. The van der Waals surface area contributed by atoms with E-state index >= 15 is 0 Å². The number of aliphatic hydroxyl groups is 1. The fourth-order valence-corrected chi connectivity index (χ4v) is 2.99. The molecule has 158 valence electrons. The first kappa shape index (κ1) is 22.8. The summed E-state index contributed by atoms with van der Waals surface area (Å²) in [7, 11) is 0. The maximum absolute atomic E-state index is 12.6. The first-order valence-corrected chi connectivity index (χ1v) is 9.66. The maximum atomic E-state index is 12.6. The molecule has 2 N–H and O–H groups in total. The van der Waals surface area contributed by atoms with Crippen LogP contribution >= 0.6 is 11.6 Å². The molecule has 0 bridgehead atoms. The molecule has 1 aliphatic heterocycles. The number of anilines is 2. The number of ether oxygens (including phenoxy) is 1. The van der Waals surface area contributed by atoms with E-state index < -0.39 is 5.57 Å². The predicted octanol–water partition coefficient (Wildman–Crippen LogP) is 4.41. The smallest absolute Gasteiger partial charge is 0.420 e. The molecule has 2 aromatic rings. The molecule has 1 saturated heterocycles. The highest BCUT2D eigenvalue weighted by molar-refractivity contribution is 6.20. The summed E-state index contributed by atoms with van der Waals surface area (Å²) in [5.41, 5.74) is -2.19. The number of aryl methyl sites for hydroxylation is 1. The SMILES string of the molecule is CC.Cc1cc(C(=O)Nc2ccc(OC(F)(F)Cl)cc2)cnc1N1CCC(O)C1. The minimum Gasteiger partial charge on any atom is -0.420 e. The van der Waals surface area contributed by atoms with Crippen LogP contribution < -0.4 is 15.0 Å². The number of carbonyl (C=O) groups excluding carboxylic acids is 1. The lowest BCUT2D eigenvalue weighted by atomic mass is 10.2. The van der Waals surface area contributed by atoms with Gasteiger partial charge in [-0.15, -0.1) is 8.78 Å². The fraction of sp³-hybridized carbons (Fsp3) is 0.400. The van der Waals surface area contributed by atoms with Crippen LogP contribution in [-0.2, 0) is 0 Å². The van der Waals surface area contributed by atoms with Gasteiger partial charge in [-0.2, -0.15) is 0 Å². The molecule has 1 atom stereocenters. The van der Waals surface area contributed by atoms with Gasteiger partial charge in [0.1, 0.15) is 11.6 Å². The molecule has 9 heteroatoms. The number of benzene rings is 1. The zero-order chi connectivity index (χ0) is 21.6. The van der Waals surface area contributed by atoms with Gasteiger partial charge in [0.2, 0.25) is 0 Å². The molecule has 1 amide bonds. The van der Waals surface area contributed by atoms with Gasteiger partial charge >= 0.3 is 5.57 Å². The quantitative estimate of drug-likeness (QED) is 0.691.